The molecule has 0 radical (unpaired) electrons. The molecule has 0 saturated heterocycles. The molecule has 5 heteroatoms. The maximum absolute atomic E-state index is 14.5. The highest BCUT2D eigenvalue weighted by Crippen LogP contribution is 2.37. The highest BCUT2D eigenvalue weighted by Gasteiger charge is 2.23. The monoisotopic (exact) mass is 378 g/mol. The van der Waals surface area contributed by atoms with E-state index in [1.807, 2.05) is 19.9 Å². The van der Waals surface area contributed by atoms with E-state index < -0.39 is 0 Å². The van der Waals surface area contributed by atoms with Gasteiger partial charge in [-0.1, -0.05) is 6.92 Å². The van der Waals surface area contributed by atoms with E-state index in [1.165, 1.54) is 11.6 Å². The molecule has 1 atom stereocenters. The van der Waals surface area contributed by atoms with Crippen LogP contribution in [-0.2, 0) is 17.6 Å². The highest BCUT2D eigenvalue weighted by atomic mass is 19.1. The summed E-state index contributed by atoms with van der Waals surface area (Å²) in [5, 5.41) is 1.06. The first-order valence-corrected chi connectivity index (χ1v) is 9.64. The van der Waals surface area contributed by atoms with Crippen molar-refractivity contribution in [3.8, 4) is 11.4 Å². The Labute approximate surface area is 162 Å². The Morgan fingerprint density at radius 3 is 2.46 bits per heavy atom. The molecule has 0 bridgehead atoms. The minimum atomic E-state index is -0.383. The number of carbonyl (C=O) groups excluding carboxylic acids is 1. The summed E-state index contributed by atoms with van der Waals surface area (Å²) in [5.41, 5.74) is 6.77. The van der Waals surface area contributed by atoms with Crippen LogP contribution in [0.3, 0.4) is 0 Å². The van der Waals surface area contributed by atoms with Crippen LogP contribution >= 0.6 is 0 Å². The Bertz CT molecular complexity index is 1190. The molecule has 0 fully saturated rings. The summed E-state index contributed by atoms with van der Waals surface area (Å²) in [6.07, 6.45) is 3.56. The second kappa shape index (κ2) is 6.66. The molecule has 0 saturated carbocycles. The fourth-order valence-corrected chi connectivity index (χ4v) is 4.40. The van der Waals surface area contributed by atoms with Gasteiger partial charge in [-0.3, -0.25) is 4.79 Å². The average molecular weight is 378 g/mol. The summed E-state index contributed by atoms with van der Waals surface area (Å²) in [6.45, 7) is 7.32. The molecule has 0 spiro atoms. The van der Waals surface area contributed by atoms with Gasteiger partial charge in [0.2, 0.25) is 0 Å². The quantitative estimate of drug-likeness (QED) is 0.685. The summed E-state index contributed by atoms with van der Waals surface area (Å²) < 4.78 is 14.5. The number of H-pyrrole nitrogens is 1. The number of rotatable bonds is 3. The molecule has 1 aliphatic carbocycles. The van der Waals surface area contributed by atoms with Crippen LogP contribution in [0.5, 0.6) is 0 Å². The Morgan fingerprint density at radius 1 is 1.11 bits per heavy atom. The maximum atomic E-state index is 14.5. The normalized spacial score (nSPS) is 14.3. The highest BCUT2D eigenvalue weighted by molar-refractivity contribution is 5.91. The van der Waals surface area contributed by atoms with Crippen LogP contribution in [0.25, 0.3) is 22.3 Å². The number of benzene rings is 1. The molecule has 144 valence electrons. The SMILES string of the molecule is Cc1c(F)cc2nc(-c3cc([C@@H](C)C=O)c(C)c(=O)[nH]3)c(C)c3c2c1CCC3. The van der Waals surface area contributed by atoms with E-state index in [0.717, 1.165) is 42.1 Å². The first-order valence-electron chi connectivity index (χ1n) is 9.64. The molecule has 0 unspecified atom stereocenters. The van der Waals surface area contributed by atoms with Crippen molar-refractivity contribution in [3.05, 3.63) is 61.7 Å². The molecule has 3 aromatic rings. The molecule has 28 heavy (non-hydrogen) atoms. The Morgan fingerprint density at radius 2 is 1.79 bits per heavy atom. The lowest BCUT2D eigenvalue weighted by Crippen LogP contribution is -2.16. The van der Waals surface area contributed by atoms with Crippen molar-refractivity contribution in [1.82, 2.24) is 9.97 Å². The smallest absolute Gasteiger partial charge is 0.251 e. The van der Waals surface area contributed by atoms with Gasteiger partial charge in [0.1, 0.15) is 12.1 Å². The van der Waals surface area contributed by atoms with Crippen molar-refractivity contribution in [2.24, 2.45) is 0 Å². The third-order valence-electron chi connectivity index (χ3n) is 6.10. The van der Waals surface area contributed by atoms with Gasteiger partial charge in [-0.2, -0.15) is 0 Å². The Balaban J connectivity index is 2.05. The Hall–Kier alpha value is -2.82. The van der Waals surface area contributed by atoms with Crippen molar-refractivity contribution >= 4 is 17.2 Å². The first-order chi connectivity index (χ1) is 13.3. The van der Waals surface area contributed by atoms with Gasteiger partial charge in [0, 0.05) is 22.9 Å². The van der Waals surface area contributed by atoms with Crippen molar-refractivity contribution in [3.63, 3.8) is 0 Å². The number of aryl methyl sites for hydroxylation is 2. The lowest BCUT2D eigenvalue weighted by molar-refractivity contribution is -0.108. The van der Waals surface area contributed by atoms with Crippen molar-refractivity contribution < 1.29 is 9.18 Å². The number of carbonyl (C=O) groups is 1. The largest absolute Gasteiger partial charge is 0.320 e. The fourth-order valence-electron chi connectivity index (χ4n) is 4.40. The van der Waals surface area contributed by atoms with Crippen LogP contribution < -0.4 is 5.56 Å². The fraction of sp³-hybridized carbons (Fsp3) is 0.348. The number of aldehydes is 1. The van der Waals surface area contributed by atoms with Gasteiger partial charge in [0.15, 0.2) is 0 Å². The zero-order chi connectivity index (χ0) is 20.2. The van der Waals surface area contributed by atoms with Gasteiger partial charge in [-0.05, 0) is 73.9 Å². The number of nitrogens with zero attached hydrogens (tertiary/aromatic N) is 1. The number of halogens is 1. The Kier molecular flexibility index (Phi) is 4.41. The summed E-state index contributed by atoms with van der Waals surface area (Å²) in [7, 11) is 0. The van der Waals surface area contributed by atoms with Gasteiger partial charge in [-0.15, -0.1) is 0 Å². The number of aromatic amines is 1. The molecule has 0 aliphatic heterocycles. The second-order valence-electron chi connectivity index (χ2n) is 7.79. The van der Waals surface area contributed by atoms with E-state index in [-0.39, 0.29) is 17.3 Å². The van der Waals surface area contributed by atoms with E-state index in [4.69, 9.17) is 4.98 Å². The molecule has 0 amide bonds. The number of nitrogens with one attached hydrogen (secondary N) is 1. The van der Waals surface area contributed by atoms with Crippen molar-refractivity contribution in [1.29, 1.82) is 0 Å². The molecule has 1 N–H and O–H groups in total. The van der Waals surface area contributed by atoms with Gasteiger partial charge >= 0.3 is 0 Å². The van der Waals surface area contributed by atoms with Crippen LogP contribution in [0.2, 0.25) is 0 Å². The lowest BCUT2D eigenvalue weighted by atomic mass is 9.84. The van der Waals surface area contributed by atoms with Crippen LogP contribution in [0.4, 0.5) is 4.39 Å². The molecular formula is C23H23FN2O2. The summed E-state index contributed by atoms with van der Waals surface area (Å²) in [4.78, 5) is 31.4. The number of hydrogen-bond donors (Lipinski definition) is 1. The predicted molar refractivity (Wildman–Crippen MR) is 108 cm³/mol. The first kappa shape index (κ1) is 18.5. The molecule has 4 nitrogen and oxygen atoms in total. The maximum Gasteiger partial charge on any atom is 0.251 e. The average Bonchev–Trinajstić information content (AvgIpc) is 2.69. The molecule has 2 heterocycles. The zero-order valence-corrected chi connectivity index (χ0v) is 16.6. The summed E-state index contributed by atoms with van der Waals surface area (Å²) >= 11 is 0. The summed E-state index contributed by atoms with van der Waals surface area (Å²) in [5.74, 6) is -0.628. The molecule has 2 aromatic heterocycles. The van der Waals surface area contributed by atoms with Crippen LogP contribution in [0, 0.1) is 26.6 Å². The van der Waals surface area contributed by atoms with E-state index in [0.29, 0.717) is 33.6 Å². The van der Waals surface area contributed by atoms with Gasteiger partial charge in [-0.25, -0.2) is 9.37 Å². The zero-order valence-electron chi connectivity index (χ0n) is 16.6. The predicted octanol–water partition coefficient (Wildman–Crippen LogP) is 4.45. The lowest BCUT2D eigenvalue weighted by Gasteiger charge is -2.23. The van der Waals surface area contributed by atoms with Gasteiger partial charge < -0.3 is 9.78 Å². The van der Waals surface area contributed by atoms with Crippen molar-refractivity contribution in [2.75, 3.05) is 0 Å². The minimum absolute atomic E-state index is 0.230. The topological polar surface area (TPSA) is 62.8 Å². The van der Waals surface area contributed by atoms with Crippen LogP contribution in [0.1, 0.15) is 52.6 Å². The van der Waals surface area contributed by atoms with Gasteiger partial charge in [0.05, 0.1) is 16.9 Å². The van der Waals surface area contributed by atoms with Crippen molar-refractivity contribution in [2.45, 2.75) is 52.9 Å². The van der Waals surface area contributed by atoms with E-state index in [2.05, 4.69) is 4.98 Å². The molecule has 1 aromatic carbocycles. The molecule has 4 rings (SSSR count). The van der Waals surface area contributed by atoms with E-state index in [1.54, 1.807) is 13.8 Å². The van der Waals surface area contributed by atoms with E-state index in [9.17, 15) is 14.0 Å². The standard InChI is InChI=1S/C23H23FN2O2/c1-11(10-27)17-8-20(26-23(28)14(17)4)22-13(3)16-7-5-6-15-12(2)18(24)9-19(25-22)21(15)16/h8-11H,5-7H2,1-4H3,(H,26,28)/t11-/m0/s1. The van der Waals surface area contributed by atoms with Crippen LogP contribution in [-0.4, -0.2) is 16.3 Å². The third-order valence-corrected chi connectivity index (χ3v) is 6.10. The molecular weight excluding hydrogens is 355 g/mol. The number of hydrogen-bond acceptors (Lipinski definition) is 3. The molecule has 1 aliphatic rings. The number of aromatic nitrogens is 2. The van der Waals surface area contributed by atoms with Crippen LogP contribution in [0.15, 0.2) is 16.9 Å². The third kappa shape index (κ3) is 2.68. The van der Waals surface area contributed by atoms with Gasteiger partial charge in [0.25, 0.3) is 5.56 Å². The van der Waals surface area contributed by atoms with E-state index >= 15 is 0 Å². The minimum Gasteiger partial charge on any atom is -0.320 e. The second-order valence-corrected chi connectivity index (χ2v) is 7.79. The number of pyridine rings is 2. The summed E-state index contributed by atoms with van der Waals surface area (Å²) in [6, 6.07) is 3.32.